The molecule has 0 atom stereocenters. The van der Waals surface area contributed by atoms with Crippen LogP contribution in [0, 0.1) is 0 Å². The fourth-order valence-electron chi connectivity index (χ4n) is 7.16. The van der Waals surface area contributed by atoms with Gasteiger partial charge in [0.2, 0.25) is 0 Å². The van der Waals surface area contributed by atoms with Gasteiger partial charge in [-0.2, -0.15) is 0 Å². The van der Waals surface area contributed by atoms with E-state index in [1.165, 1.54) is 52.8 Å². The maximum atomic E-state index is 5.07. The van der Waals surface area contributed by atoms with Crippen LogP contribution in [0.3, 0.4) is 0 Å². The van der Waals surface area contributed by atoms with Crippen LogP contribution in [0.15, 0.2) is 164 Å². The molecule has 10 rings (SSSR count). The standard InChI is InChI=1S/C44H27N3S/c1-3-11-28(12-4-1)37-27-38(29-13-5-2-6-14-29)46-44(45-37)31-19-23-32(24-20-31)47-39-17-9-7-15-33(39)35-25-21-30-22-26-36-34-16-8-10-18-40(34)48-43(36)41(30)42(35)47/h1-27H. The van der Waals surface area contributed by atoms with Crippen LogP contribution < -0.4 is 0 Å². The molecular weight excluding hydrogens is 603 g/mol. The van der Waals surface area contributed by atoms with E-state index in [9.17, 15) is 0 Å². The molecule has 4 heteroatoms. The second-order valence-corrected chi connectivity index (χ2v) is 13.2. The van der Waals surface area contributed by atoms with Crippen molar-refractivity contribution in [1.82, 2.24) is 14.5 Å². The van der Waals surface area contributed by atoms with Crippen molar-refractivity contribution in [2.75, 3.05) is 0 Å². The second-order valence-electron chi connectivity index (χ2n) is 12.2. The highest BCUT2D eigenvalue weighted by atomic mass is 32.1. The minimum absolute atomic E-state index is 0.710. The lowest BCUT2D eigenvalue weighted by molar-refractivity contribution is 1.17. The van der Waals surface area contributed by atoms with Crippen LogP contribution in [-0.4, -0.2) is 14.5 Å². The Bertz CT molecular complexity index is 2750. The molecule has 0 aliphatic heterocycles. The fraction of sp³-hybridized carbons (Fsp3) is 0. The third-order valence-corrected chi connectivity index (χ3v) is 10.6. The van der Waals surface area contributed by atoms with Crippen molar-refractivity contribution in [2.45, 2.75) is 0 Å². The molecule has 0 saturated carbocycles. The van der Waals surface area contributed by atoms with Crippen LogP contribution in [0.25, 0.3) is 92.3 Å². The average Bonchev–Trinajstić information content (AvgIpc) is 3.71. The van der Waals surface area contributed by atoms with Gasteiger partial charge in [0.05, 0.1) is 22.4 Å². The molecule has 10 aromatic rings. The number of para-hydroxylation sites is 1. The van der Waals surface area contributed by atoms with E-state index >= 15 is 0 Å². The minimum Gasteiger partial charge on any atom is -0.309 e. The number of nitrogens with zero attached hydrogens (tertiary/aromatic N) is 3. The Labute approximate surface area is 281 Å². The maximum absolute atomic E-state index is 5.07. The fourth-order valence-corrected chi connectivity index (χ4v) is 8.42. The predicted octanol–water partition coefficient (Wildman–Crippen LogP) is 12.1. The third-order valence-electron chi connectivity index (χ3n) is 9.41. The number of fused-ring (bicyclic) bond motifs is 9. The van der Waals surface area contributed by atoms with E-state index in [4.69, 9.17) is 9.97 Å². The molecule has 224 valence electrons. The summed E-state index contributed by atoms with van der Waals surface area (Å²) in [5.41, 5.74) is 8.48. The first-order chi connectivity index (χ1) is 23.8. The summed E-state index contributed by atoms with van der Waals surface area (Å²) in [4.78, 5) is 10.1. The van der Waals surface area contributed by atoms with Crippen LogP contribution in [0.5, 0.6) is 0 Å². The molecule has 0 amide bonds. The Morgan fingerprint density at radius 2 is 1.06 bits per heavy atom. The number of benzene rings is 7. The average molecular weight is 630 g/mol. The highest BCUT2D eigenvalue weighted by Crippen LogP contribution is 2.44. The monoisotopic (exact) mass is 629 g/mol. The van der Waals surface area contributed by atoms with E-state index in [0.29, 0.717) is 5.82 Å². The van der Waals surface area contributed by atoms with E-state index in [0.717, 1.165) is 33.8 Å². The molecular formula is C44H27N3S. The van der Waals surface area contributed by atoms with Gasteiger partial charge in [-0.05, 0) is 47.9 Å². The Hall–Kier alpha value is -6.10. The van der Waals surface area contributed by atoms with Crippen LogP contribution in [0.2, 0.25) is 0 Å². The van der Waals surface area contributed by atoms with Crippen LogP contribution in [0.1, 0.15) is 0 Å². The molecule has 7 aromatic carbocycles. The zero-order chi connectivity index (χ0) is 31.6. The van der Waals surface area contributed by atoms with Crippen LogP contribution >= 0.6 is 11.3 Å². The lowest BCUT2D eigenvalue weighted by Gasteiger charge is -2.12. The van der Waals surface area contributed by atoms with Gasteiger partial charge in [-0.1, -0.05) is 121 Å². The second kappa shape index (κ2) is 10.7. The summed E-state index contributed by atoms with van der Waals surface area (Å²) in [7, 11) is 0. The smallest absolute Gasteiger partial charge is 0.160 e. The number of thiophene rings is 1. The van der Waals surface area contributed by atoms with Crippen molar-refractivity contribution in [2.24, 2.45) is 0 Å². The zero-order valence-corrected chi connectivity index (χ0v) is 26.7. The number of rotatable bonds is 4. The molecule has 0 N–H and O–H groups in total. The maximum Gasteiger partial charge on any atom is 0.160 e. The highest BCUT2D eigenvalue weighted by molar-refractivity contribution is 7.26. The van der Waals surface area contributed by atoms with Gasteiger partial charge in [0.1, 0.15) is 0 Å². The highest BCUT2D eigenvalue weighted by Gasteiger charge is 2.19. The van der Waals surface area contributed by atoms with Crippen molar-refractivity contribution in [3.8, 4) is 39.6 Å². The number of aromatic nitrogens is 3. The summed E-state index contributed by atoms with van der Waals surface area (Å²) < 4.78 is 5.09. The Kier molecular flexibility index (Phi) is 6.05. The first kappa shape index (κ1) is 27.1. The van der Waals surface area contributed by atoms with Gasteiger partial charge < -0.3 is 4.57 Å². The van der Waals surface area contributed by atoms with Gasteiger partial charge in [-0.25, -0.2) is 9.97 Å². The molecule has 0 aliphatic carbocycles. The summed E-state index contributed by atoms with van der Waals surface area (Å²) in [6, 6.07) is 58.2. The van der Waals surface area contributed by atoms with Gasteiger partial charge in [0.15, 0.2) is 5.82 Å². The molecule has 3 nitrogen and oxygen atoms in total. The molecule has 0 saturated heterocycles. The minimum atomic E-state index is 0.710. The third kappa shape index (κ3) is 4.20. The van der Waals surface area contributed by atoms with E-state index in [-0.39, 0.29) is 0 Å². The first-order valence-electron chi connectivity index (χ1n) is 16.2. The summed E-state index contributed by atoms with van der Waals surface area (Å²) in [6.45, 7) is 0. The van der Waals surface area contributed by atoms with Crippen molar-refractivity contribution >= 4 is 64.1 Å². The largest absolute Gasteiger partial charge is 0.309 e. The predicted molar refractivity (Wildman–Crippen MR) is 203 cm³/mol. The van der Waals surface area contributed by atoms with E-state index in [1.807, 2.05) is 23.5 Å². The summed E-state index contributed by atoms with van der Waals surface area (Å²) >= 11 is 1.89. The molecule has 0 unspecified atom stereocenters. The van der Waals surface area contributed by atoms with E-state index in [2.05, 4.69) is 156 Å². The van der Waals surface area contributed by atoms with Crippen LogP contribution in [-0.2, 0) is 0 Å². The van der Waals surface area contributed by atoms with Gasteiger partial charge in [0.25, 0.3) is 0 Å². The quantitative estimate of drug-likeness (QED) is 0.194. The molecule has 3 aromatic heterocycles. The van der Waals surface area contributed by atoms with Crippen molar-refractivity contribution < 1.29 is 0 Å². The lowest BCUT2D eigenvalue weighted by atomic mass is 10.0. The lowest BCUT2D eigenvalue weighted by Crippen LogP contribution is -1.97. The molecule has 0 aliphatic rings. The SMILES string of the molecule is c1ccc(-c2cc(-c3ccccc3)nc(-c3ccc(-n4c5ccccc5c5ccc6ccc7c8ccccc8sc7c6c54)cc3)n2)cc1. The number of hydrogen-bond donors (Lipinski definition) is 0. The van der Waals surface area contributed by atoms with E-state index in [1.54, 1.807) is 0 Å². The summed E-state index contributed by atoms with van der Waals surface area (Å²) in [5, 5.41) is 7.70. The van der Waals surface area contributed by atoms with Gasteiger partial charge in [-0.15, -0.1) is 11.3 Å². The van der Waals surface area contributed by atoms with Crippen molar-refractivity contribution in [1.29, 1.82) is 0 Å². The first-order valence-corrected chi connectivity index (χ1v) is 17.0. The zero-order valence-electron chi connectivity index (χ0n) is 25.8. The summed E-state index contributed by atoms with van der Waals surface area (Å²) in [6.07, 6.45) is 0. The molecule has 3 heterocycles. The van der Waals surface area contributed by atoms with Gasteiger partial charge in [0, 0.05) is 58.7 Å². The van der Waals surface area contributed by atoms with Crippen LogP contribution in [0.4, 0.5) is 0 Å². The Morgan fingerprint density at radius 3 is 1.77 bits per heavy atom. The summed E-state index contributed by atoms with van der Waals surface area (Å²) in [5.74, 6) is 0.710. The molecule has 0 bridgehead atoms. The van der Waals surface area contributed by atoms with Crippen molar-refractivity contribution in [3.63, 3.8) is 0 Å². The van der Waals surface area contributed by atoms with Gasteiger partial charge in [-0.3, -0.25) is 0 Å². The molecule has 48 heavy (non-hydrogen) atoms. The van der Waals surface area contributed by atoms with Gasteiger partial charge >= 0.3 is 0 Å². The Morgan fingerprint density at radius 1 is 0.458 bits per heavy atom. The molecule has 0 fully saturated rings. The normalized spacial score (nSPS) is 11.8. The topological polar surface area (TPSA) is 30.7 Å². The Balaban J connectivity index is 1.20. The molecule has 0 radical (unpaired) electrons. The van der Waals surface area contributed by atoms with E-state index < -0.39 is 0 Å². The number of hydrogen-bond acceptors (Lipinski definition) is 3. The molecule has 0 spiro atoms. The van der Waals surface area contributed by atoms with Crippen molar-refractivity contribution in [3.05, 3.63) is 164 Å².